The normalized spacial score (nSPS) is 13.3. The number of urea groups is 1. The van der Waals surface area contributed by atoms with E-state index in [1.165, 1.54) is 28.4 Å². The zero-order valence-corrected chi connectivity index (χ0v) is 86.2. The fourth-order valence-corrected chi connectivity index (χ4v) is 14.8. The van der Waals surface area contributed by atoms with Gasteiger partial charge in [0.2, 0.25) is 23.6 Å². The van der Waals surface area contributed by atoms with E-state index in [4.69, 9.17) is 105 Å². The monoisotopic (exact) mass is 2070 g/mol. The van der Waals surface area contributed by atoms with E-state index in [1.54, 1.807) is 106 Å². The average molecular weight is 2070 g/mol. The number of pyridine rings is 1. The summed E-state index contributed by atoms with van der Waals surface area (Å²) in [4.78, 5) is 162. The van der Waals surface area contributed by atoms with Crippen LogP contribution in [0, 0.1) is 18.8 Å². The van der Waals surface area contributed by atoms with Gasteiger partial charge in [0.25, 0.3) is 11.5 Å². The number of primary amides is 1. The molecule has 42 nitrogen and oxygen atoms in total. The maximum Gasteiger partial charge on any atom is 0.407 e. The second-order valence-electron chi connectivity index (χ2n) is 32.8. The molecule has 2 aromatic heterocycles. The number of rotatable bonds is 65. The molecule has 6 aromatic rings. The van der Waals surface area contributed by atoms with Crippen LogP contribution in [0.25, 0.3) is 10.9 Å². The number of carbonyl (C=O) groups excluding carboxylic acids is 10. The molecule has 0 spiro atoms. The number of amides is 9. The number of halogens is 1. The highest BCUT2D eigenvalue weighted by atomic mass is 35.5. The van der Waals surface area contributed by atoms with Crippen LogP contribution in [-0.2, 0) is 104 Å². The number of alkyl carbamates (subject to hydrolysis) is 2. The number of carboxylic acid groups (broad SMARTS) is 1. The lowest BCUT2D eigenvalue weighted by atomic mass is 9.98. The number of nitrogens with two attached hydrogens (primary N) is 1. The Balaban J connectivity index is 0.000000713. The molecule has 11 atom stereocenters. The molecule has 0 saturated heterocycles. The second-order valence-corrected chi connectivity index (χ2v) is 35.7. The lowest BCUT2D eigenvalue weighted by molar-refractivity contribution is -0.194. The number of esters is 2. The molecule has 0 aliphatic heterocycles. The number of aliphatic hydroxyl groups is 5. The van der Waals surface area contributed by atoms with Gasteiger partial charge in [-0.15, -0.1) is 0 Å². The number of carboxylic acids is 1. The molecule has 0 radical (unpaired) electrons. The van der Waals surface area contributed by atoms with Gasteiger partial charge < -0.3 is 135 Å². The summed E-state index contributed by atoms with van der Waals surface area (Å²) >= 11 is 6.42. The summed E-state index contributed by atoms with van der Waals surface area (Å²) in [6, 6.07) is 30.3. The zero-order valence-electron chi connectivity index (χ0n) is 83.8. The first-order chi connectivity index (χ1) is 68.6. The predicted molar refractivity (Wildman–Crippen MR) is 536 cm³/mol. The lowest BCUT2D eigenvalue weighted by Crippen LogP contribution is -2.54. The van der Waals surface area contributed by atoms with E-state index < -0.39 is 109 Å². The number of carbonyl (C=O) groups is 11. The molecule has 4 aromatic carbocycles. The molecule has 0 aliphatic carbocycles. The number of aliphatic hydroxyl groups excluding tert-OH is 5. The Morgan fingerprint density at radius 3 is 1.59 bits per heavy atom. The van der Waals surface area contributed by atoms with Gasteiger partial charge in [0.15, 0.2) is 25.2 Å². The van der Waals surface area contributed by atoms with Crippen molar-refractivity contribution in [2.75, 3.05) is 125 Å². The number of anilines is 1. The molecule has 0 bridgehead atoms. The van der Waals surface area contributed by atoms with Gasteiger partial charge in [-0.05, 0) is 153 Å². The van der Waals surface area contributed by atoms with E-state index in [1.807, 2.05) is 109 Å². The molecule has 45 heteroatoms. The molecule has 0 aliphatic rings. The summed E-state index contributed by atoms with van der Waals surface area (Å²) in [6.07, 6.45) is -0.372. The number of aliphatic carboxylic acids is 1. The van der Waals surface area contributed by atoms with Crippen LogP contribution >= 0.6 is 33.2 Å². The van der Waals surface area contributed by atoms with Crippen molar-refractivity contribution in [3.63, 3.8) is 0 Å². The van der Waals surface area contributed by atoms with Crippen LogP contribution < -0.4 is 48.5 Å². The molecule has 0 fully saturated rings. The molecule has 8 unspecified atom stereocenters. The standard InChI is InChI=1S/C60H79ClN10O13.C19H30N2O6S2.C12H22O7.C7H16O4/c1-8-45(34-72)84-50(81-7)36-83-60(80)65-30-27-49(73)69-51(37(2)3)55(75)68-47(16-12-28-63-58(62)78)54(74)66-44-24-19-41(20-25-44)35-82-59(79)64-29-13-31-70(56(76)42-21-17-39(6)18-22-42)52(38(4)5)53-67-48-32-43(61)23-26-46(48)57(77)71(53)33-40-14-10-9-11-15-40;1-3-15(13-22)27-19(25-2)14-26-18(24)9-6-7-16(23)20-11-12-28-29-17-8-4-5-10-21-17;1-3-9(7-13)19-12(17-2)8-18-11(16)6-4-5-10(14)15;1-3-6(4-8)11-7(5-9)10-2/h9-11,14-15,17-26,32,37-38,45,47,50-52,72H,8,12-13,16,27-31,33-36H2,1-7H3,(H,64,79)(H,65,80)(H,66,74)(H,68,75)(H,69,73)(H3,62,63,78);4-5,8,10,15,19,22H,3,6-7,9,11-14H2,1-2H3,(H,20,23);9,12-13H,3-8H2,1-2H3,(H,14,15);6-9H,3-5H2,1-2H3/t45?,47-,50?,51-,52-;;;/m1.../s1. The van der Waals surface area contributed by atoms with Gasteiger partial charge in [0, 0.05) is 121 Å². The Morgan fingerprint density at radius 1 is 0.531 bits per heavy atom. The van der Waals surface area contributed by atoms with Crippen LogP contribution in [0.4, 0.5) is 20.1 Å². The lowest BCUT2D eigenvalue weighted by Gasteiger charge is -2.35. The van der Waals surface area contributed by atoms with Crippen molar-refractivity contribution in [1.29, 1.82) is 0 Å². The van der Waals surface area contributed by atoms with Crippen LogP contribution in [0.1, 0.15) is 184 Å². The first kappa shape index (κ1) is 126. The van der Waals surface area contributed by atoms with E-state index in [2.05, 4.69) is 42.2 Å². The first-order valence-electron chi connectivity index (χ1n) is 47.3. The number of aromatic nitrogens is 3. The van der Waals surface area contributed by atoms with E-state index in [0.717, 1.165) is 21.9 Å². The number of nitrogens with one attached hydrogen (secondary N) is 7. The maximum atomic E-state index is 14.6. The Kier molecular flexibility index (Phi) is 65.5. The summed E-state index contributed by atoms with van der Waals surface area (Å²) in [7, 11) is 8.85. The van der Waals surface area contributed by atoms with Crippen LogP contribution in [-0.4, -0.2) is 297 Å². The Labute approximate surface area is 848 Å². The fraction of sp³-hybridized carbons (Fsp3) is 0.571. The highest BCUT2D eigenvalue weighted by molar-refractivity contribution is 8.76. The number of fused-ring (bicyclic) bond motifs is 1. The second kappa shape index (κ2) is 74.1. The third-order valence-corrected chi connectivity index (χ3v) is 23.5. The van der Waals surface area contributed by atoms with Crippen LogP contribution in [0.2, 0.25) is 5.02 Å². The number of hydrogen-bond donors (Lipinski definition) is 14. The van der Waals surface area contributed by atoms with Crippen molar-refractivity contribution < 1.29 is 140 Å². The van der Waals surface area contributed by atoms with Gasteiger partial charge in [0.1, 0.15) is 49.4 Å². The largest absolute Gasteiger partial charge is 0.481 e. The molecule has 798 valence electrons. The van der Waals surface area contributed by atoms with Gasteiger partial charge in [0.05, 0.1) is 80.9 Å². The number of aryl methyl sites for hydroxylation is 1. The summed E-state index contributed by atoms with van der Waals surface area (Å²) in [6.45, 7) is 16.5. The minimum Gasteiger partial charge on any atom is -0.481 e. The van der Waals surface area contributed by atoms with Gasteiger partial charge in [-0.25, -0.2) is 24.4 Å². The fourth-order valence-electron chi connectivity index (χ4n) is 12.9. The van der Waals surface area contributed by atoms with Crippen LogP contribution in [0.5, 0.6) is 0 Å². The number of nitrogens with zero attached hydrogens (tertiary/aromatic N) is 4. The van der Waals surface area contributed by atoms with E-state index in [0.29, 0.717) is 83.6 Å². The number of ether oxygens (including phenoxy) is 12. The van der Waals surface area contributed by atoms with Gasteiger partial charge >= 0.3 is 36.1 Å². The van der Waals surface area contributed by atoms with Crippen molar-refractivity contribution >= 4 is 115 Å². The number of methoxy groups -OCH3 is 4. The van der Waals surface area contributed by atoms with Crippen molar-refractivity contribution in [1.82, 2.24) is 51.3 Å². The summed E-state index contributed by atoms with van der Waals surface area (Å²) in [5.41, 5.74) is 8.59. The summed E-state index contributed by atoms with van der Waals surface area (Å²) < 4.78 is 63.7. The smallest absolute Gasteiger partial charge is 0.407 e. The van der Waals surface area contributed by atoms with Crippen molar-refractivity contribution in [2.24, 2.45) is 17.6 Å². The molecule has 6 rings (SSSR count). The highest BCUT2D eigenvalue weighted by Crippen LogP contribution is 2.32. The molecular weight excluding hydrogens is 1920 g/mol. The first-order valence-corrected chi connectivity index (χ1v) is 50.0. The molecule has 9 amide bonds. The minimum atomic E-state index is -1.13. The van der Waals surface area contributed by atoms with Gasteiger partial charge in [-0.3, -0.25) is 47.7 Å². The third-order valence-electron chi connectivity index (χ3n) is 21.0. The Bertz CT molecular complexity index is 4710. The number of hydrogen-bond acceptors (Lipinski definition) is 33. The molecule has 143 heavy (non-hydrogen) atoms. The van der Waals surface area contributed by atoms with Crippen LogP contribution in [0.3, 0.4) is 0 Å². The average Bonchev–Trinajstić information content (AvgIpc) is 0.757. The topological polar surface area (TPSA) is 581 Å². The van der Waals surface area contributed by atoms with E-state index in [9.17, 15) is 62.6 Å². The van der Waals surface area contributed by atoms with E-state index in [-0.39, 0.29) is 185 Å². The Morgan fingerprint density at radius 2 is 1.07 bits per heavy atom. The van der Waals surface area contributed by atoms with E-state index >= 15 is 0 Å². The zero-order chi connectivity index (χ0) is 106. The number of benzene rings is 4. The van der Waals surface area contributed by atoms with Crippen molar-refractivity contribution in [3.05, 3.63) is 165 Å². The maximum absolute atomic E-state index is 14.6. The molecular formula is C98H147ClN12O30S2. The SMILES string of the molecule is CCC(CO)OC(CO)OC.CCC(CO)OC(COC(=O)CCCC(=O)NCCSSc1ccccn1)OC.CCC(CO)OC(COC(=O)CCCC(=O)O)OC.CCC(CO)OC(COC(=O)NCCC(=O)N[C@@H](C(=O)N[C@H](CCCNC(N)=O)C(=O)Nc1ccc(COC(=O)NCCCN(C(=O)c2ccc(C)cc2)[C@@H](c2nc3cc(Cl)ccc3c(=O)n2Cc2ccccc2)C(C)C)cc1)C(C)C)OC. The summed E-state index contributed by atoms with van der Waals surface area (Å²) in [5, 5.41) is 73.6. The van der Waals surface area contributed by atoms with Gasteiger partial charge in [-0.1, -0.05) is 144 Å². The quantitative estimate of drug-likeness (QED) is 0.00556. The van der Waals surface area contributed by atoms with Crippen LogP contribution in [0.15, 0.2) is 131 Å². The molecule has 0 saturated carbocycles. The van der Waals surface area contributed by atoms with Crippen molar-refractivity contribution in [2.45, 2.75) is 238 Å². The predicted octanol–water partition coefficient (Wildman–Crippen LogP) is 9.15. The highest BCUT2D eigenvalue weighted by Gasteiger charge is 2.35. The van der Waals surface area contributed by atoms with Gasteiger partial charge in [-0.2, -0.15) is 0 Å². The third kappa shape index (κ3) is 52.5. The Hall–Kier alpha value is -10.8. The molecule has 15 N–H and O–H groups in total. The molecule has 2 heterocycles. The van der Waals surface area contributed by atoms with Crippen molar-refractivity contribution in [3.8, 4) is 0 Å². The minimum absolute atomic E-state index is 0.0416. The summed E-state index contributed by atoms with van der Waals surface area (Å²) in [5.74, 6) is -3.54.